The number of hydrogen-bond donors (Lipinski definition) is 1. The summed E-state index contributed by atoms with van der Waals surface area (Å²) in [5, 5.41) is 3.30. The number of carbonyl (C=O) groups excluding carboxylic acids is 1. The average Bonchev–Trinajstić information content (AvgIpc) is 3.39. The van der Waals surface area contributed by atoms with Crippen molar-refractivity contribution in [1.29, 1.82) is 0 Å². The predicted molar refractivity (Wildman–Crippen MR) is 141 cm³/mol. The van der Waals surface area contributed by atoms with E-state index in [1.165, 1.54) is 25.7 Å². The highest BCUT2D eigenvalue weighted by Gasteiger charge is 2.32. The number of allylic oxidation sites excluding steroid dienone is 1. The molecule has 1 saturated heterocycles. The molecule has 2 aromatic heterocycles. The fourth-order valence-corrected chi connectivity index (χ4v) is 5.74. The lowest BCUT2D eigenvalue weighted by atomic mass is 9.94. The summed E-state index contributed by atoms with van der Waals surface area (Å²) < 4.78 is 0. The summed E-state index contributed by atoms with van der Waals surface area (Å²) in [5.74, 6) is 2.33. The fourth-order valence-electron chi connectivity index (χ4n) is 5.74. The van der Waals surface area contributed by atoms with E-state index in [0.29, 0.717) is 24.6 Å². The van der Waals surface area contributed by atoms with Crippen LogP contribution in [0.3, 0.4) is 0 Å². The van der Waals surface area contributed by atoms with Crippen molar-refractivity contribution in [3.8, 4) is 0 Å². The Kier molecular flexibility index (Phi) is 6.73. The number of fused-ring (bicyclic) bond motifs is 1. The molecule has 8 heteroatoms. The summed E-state index contributed by atoms with van der Waals surface area (Å²) >= 11 is 0. The van der Waals surface area contributed by atoms with Gasteiger partial charge in [-0.05, 0) is 71.3 Å². The third kappa shape index (κ3) is 4.89. The highest BCUT2D eigenvalue weighted by Crippen LogP contribution is 2.38. The van der Waals surface area contributed by atoms with Gasteiger partial charge in [0.25, 0.3) is 0 Å². The highest BCUT2D eigenvalue weighted by molar-refractivity contribution is 6.04. The van der Waals surface area contributed by atoms with Crippen LogP contribution in [0.1, 0.15) is 57.9 Å². The molecule has 2 aliphatic heterocycles. The van der Waals surface area contributed by atoms with E-state index in [1.54, 1.807) is 6.92 Å². The fraction of sp³-hybridized carbons (Fsp3) is 0.556. The molecule has 1 aliphatic carbocycles. The number of ketones is 1. The summed E-state index contributed by atoms with van der Waals surface area (Å²) in [6.45, 7) is 6.41. The van der Waals surface area contributed by atoms with E-state index in [4.69, 9.17) is 4.98 Å². The molecule has 3 aliphatic rings. The van der Waals surface area contributed by atoms with E-state index in [2.05, 4.69) is 50.1 Å². The summed E-state index contributed by atoms with van der Waals surface area (Å²) in [7, 11) is 4.33. The van der Waals surface area contributed by atoms with E-state index in [1.807, 2.05) is 25.4 Å². The van der Waals surface area contributed by atoms with Crippen LogP contribution in [-0.4, -0.2) is 71.4 Å². The third-order valence-corrected chi connectivity index (χ3v) is 7.96. The summed E-state index contributed by atoms with van der Waals surface area (Å²) in [6, 6.07) is 5.22. The molecule has 1 saturated carbocycles. The standard InChI is InChI=1S/C27H37N7O/c1-18-23-16-29-27(31-26(23)34(17-24(18)19(2)35)21-7-5-6-8-21)30-25-10-9-22(15-28-25)33-13-11-20(12-14-33)32(3)4/h9-10,15-16,20-21H,5-8,11-14,17H2,1-4H3,(H,28,29,30,31). The number of Topliss-reactive ketones (excluding diaryl/α,β-unsaturated/α-hetero) is 1. The second-order valence-electron chi connectivity index (χ2n) is 10.4. The molecule has 0 bridgehead atoms. The normalized spacial score (nSPS) is 19.5. The molecule has 2 aromatic rings. The molecule has 4 heterocycles. The van der Waals surface area contributed by atoms with Crippen molar-refractivity contribution < 1.29 is 4.79 Å². The Labute approximate surface area is 208 Å². The summed E-state index contributed by atoms with van der Waals surface area (Å²) in [4.78, 5) is 33.5. The number of carbonyl (C=O) groups is 1. The zero-order chi connectivity index (χ0) is 24.5. The quantitative estimate of drug-likeness (QED) is 0.664. The third-order valence-electron chi connectivity index (χ3n) is 7.96. The molecular formula is C27H37N7O. The minimum atomic E-state index is 0.133. The molecule has 0 radical (unpaired) electrons. The van der Waals surface area contributed by atoms with Crippen LogP contribution < -0.4 is 15.1 Å². The first-order chi connectivity index (χ1) is 16.9. The van der Waals surface area contributed by atoms with E-state index in [-0.39, 0.29) is 5.78 Å². The Morgan fingerprint density at radius 2 is 1.80 bits per heavy atom. The molecule has 0 unspecified atom stereocenters. The van der Waals surface area contributed by atoms with Crippen molar-refractivity contribution in [1.82, 2.24) is 19.9 Å². The largest absolute Gasteiger partial charge is 0.370 e. The zero-order valence-corrected chi connectivity index (χ0v) is 21.4. The molecule has 35 heavy (non-hydrogen) atoms. The minimum absolute atomic E-state index is 0.133. The smallest absolute Gasteiger partial charge is 0.230 e. The van der Waals surface area contributed by atoms with Gasteiger partial charge in [-0.1, -0.05) is 12.8 Å². The van der Waals surface area contributed by atoms with Crippen molar-refractivity contribution in [3.63, 3.8) is 0 Å². The van der Waals surface area contributed by atoms with Gasteiger partial charge < -0.3 is 20.0 Å². The van der Waals surface area contributed by atoms with Crippen molar-refractivity contribution in [2.75, 3.05) is 48.8 Å². The Balaban J connectivity index is 1.33. The second kappa shape index (κ2) is 9.93. The van der Waals surface area contributed by atoms with Crippen molar-refractivity contribution in [2.45, 2.75) is 64.5 Å². The van der Waals surface area contributed by atoms with E-state index in [9.17, 15) is 4.79 Å². The Morgan fingerprint density at radius 1 is 1.06 bits per heavy atom. The maximum absolute atomic E-state index is 12.3. The van der Waals surface area contributed by atoms with Gasteiger partial charge in [-0.25, -0.2) is 9.97 Å². The van der Waals surface area contributed by atoms with Crippen LogP contribution in [-0.2, 0) is 4.79 Å². The lowest BCUT2D eigenvalue weighted by Gasteiger charge is -2.36. The summed E-state index contributed by atoms with van der Waals surface area (Å²) in [5.41, 5.74) is 3.99. The lowest BCUT2D eigenvalue weighted by Crippen LogP contribution is -2.42. The highest BCUT2D eigenvalue weighted by atomic mass is 16.1. The van der Waals surface area contributed by atoms with Gasteiger partial charge in [-0.2, -0.15) is 4.98 Å². The van der Waals surface area contributed by atoms with Crippen LogP contribution in [0.2, 0.25) is 0 Å². The van der Waals surface area contributed by atoms with Gasteiger partial charge in [-0.3, -0.25) is 4.79 Å². The van der Waals surface area contributed by atoms with Gasteiger partial charge in [0, 0.05) is 49.1 Å². The monoisotopic (exact) mass is 475 g/mol. The summed E-state index contributed by atoms with van der Waals surface area (Å²) in [6.07, 6.45) is 10.9. The predicted octanol–water partition coefficient (Wildman–Crippen LogP) is 4.27. The van der Waals surface area contributed by atoms with Crippen molar-refractivity contribution >= 4 is 34.6 Å². The zero-order valence-electron chi connectivity index (χ0n) is 21.4. The van der Waals surface area contributed by atoms with Crippen molar-refractivity contribution in [3.05, 3.63) is 35.7 Å². The van der Waals surface area contributed by atoms with Gasteiger partial charge in [0.05, 0.1) is 11.9 Å². The van der Waals surface area contributed by atoms with Crippen LogP contribution in [0.4, 0.5) is 23.3 Å². The number of piperidine rings is 1. The van der Waals surface area contributed by atoms with Crippen LogP contribution >= 0.6 is 0 Å². The van der Waals surface area contributed by atoms with E-state index in [0.717, 1.165) is 60.0 Å². The van der Waals surface area contributed by atoms with Crippen LogP contribution in [0.5, 0.6) is 0 Å². The van der Waals surface area contributed by atoms with Gasteiger partial charge in [0.2, 0.25) is 5.95 Å². The Bertz CT molecular complexity index is 1100. The van der Waals surface area contributed by atoms with Crippen LogP contribution in [0, 0.1) is 0 Å². The number of rotatable bonds is 6. The molecule has 186 valence electrons. The number of hydrogen-bond acceptors (Lipinski definition) is 8. The molecule has 0 amide bonds. The lowest BCUT2D eigenvalue weighted by molar-refractivity contribution is -0.113. The first-order valence-corrected chi connectivity index (χ1v) is 12.9. The topological polar surface area (TPSA) is 77.5 Å². The molecule has 1 N–H and O–H groups in total. The molecule has 2 fully saturated rings. The molecule has 5 rings (SSSR count). The van der Waals surface area contributed by atoms with E-state index < -0.39 is 0 Å². The average molecular weight is 476 g/mol. The molecule has 0 aromatic carbocycles. The maximum atomic E-state index is 12.3. The van der Waals surface area contributed by atoms with Crippen LogP contribution in [0.15, 0.2) is 30.1 Å². The maximum Gasteiger partial charge on any atom is 0.230 e. The van der Waals surface area contributed by atoms with Gasteiger partial charge in [-0.15, -0.1) is 0 Å². The Morgan fingerprint density at radius 3 is 2.43 bits per heavy atom. The number of anilines is 4. The SMILES string of the molecule is CC(=O)C1=C(C)c2cnc(Nc3ccc(N4CCC(N(C)C)CC4)cn3)nc2N(C2CCCC2)C1. The van der Waals surface area contributed by atoms with Gasteiger partial charge in [0.15, 0.2) is 5.78 Å². The molecule has 8 nitrogen and oxygen atoms in total. The van der Waals surface area contributed by atoms with Gasteiger partial charge >= 0.3 is 0 Å². The van der Waals surface area contributed by atoms with E-state index >= 15 is 0 Å². The number of pyridine rings is 1. The number of nitrogens with zero attached hydrogens (tertiary/aromatic N) is 6. The van der Waals surface area contributed by atoms with Crippen LogP contribution in [0.25, 0.3) is 5.57 Å². The molecule has 0 atom stereocenters. The first kappa shape index (κ1) is 23.7. The van der Waals surface area contributed by atoms with Gasteiger partial charge in [0.1, 0.15) is 11.6 Å². The Hall–Kier alpha value is -3.00. The second-order valence-corrected chi connectivity index (χ2v) is 10.4. The molecule has 0 spiro atoms. The number of nitrogens with one attached hydrogen (secondary N) is 1. The minimum Gasteiger partial charge on any atom is -0.370 e. The first-order valence-electron chi connectivity index (χ1n) is 12.9. The van der Waals surface area contributed by atoms with Crippen molar-refractivity contribution in [2.24, 2.45) is 0 Å². The molecular weight excluding hydrogens is 438 g/mol. The number of aromatic nitrogens is 3.